The summed E-state index contributed by atoms with van der Waals surface area (Å²) >= 11 is 0. The molecule has 0 spiro atoms. The molecule has 0 aliphatic heterocycles. The van der Waals surface area contributed by atoms with Gasteiger partial charge in [0.25, 0.3) is 0 Å². The maximum absolute atomic E-state index is 11.1. The molecule has 2 N–H and O–H groups in total. The highest BCUT2D eigenvalue weighted by molar-refractivity contribution is 5.73. The second-order valence-electron chi connectivity index (χ2n) is 5.81. The third-order valence-electron chi connectivity index (χ3n) is 4.02. The molecule has 3 nitrogen and oxygen atoms in total. The van der Waals surface area contributed by atoms with E-state index in [0.717, 1.165) is 11.5 Å². The van der Waals surface area contributed by atoms with Crippen LogP contribution >= 0.6 is 0 Å². The Bertz CT molecular complexity index is 421. The lowest BCUT2D eigenvalue weighted by Crippen LogP contribution is -2.40. The van der Waals surface area contributed by atoms with Gasteiger partial charge in [-0.2, -0.15) is 0 Å². The van der Waals surface area contributed by atoms with Gasteiger partial charge >= 0.3 is 5.97 Å². The highest BCUT2D eigenvalue weighted by Crippen LogP contribution is 2.36. The summed E-state index contributed by atoms with van der Waals surface area (Å²) < 4.78 is 0. The number of aliphatic carboxylic acids is 1. The third kappa shape index (κ3) is 3.57. The first-order valence-electron chi connectivity index (χ1n) is 7.13. The average Bonchev–Trinajstić information content (AvgIpc) is 2.28. The van der Waals surface area contributed by atoms with Gasteiger partial charge in [0.15, 0.2) is 0 Å². The van der Waals surface area contributed by atoms with Crippen LogP contribution in [0.25, 0.3) is 0 Å². The summed E-state index contributed by atoms with van der Waals surface area (Å²) in [6.45, 7) is 4.46. The molecule has 0 aromatic heterocycles. The third-order valence-corrected chi connectivity index (χ3v) is 4.02. The minimum atomic E-state index is -0.777. The minimum absolute atomic E-state index is 0.0896. The van der Waals surface area contributed by atoms with Gasteiger partial charge in [-0.25, -0.2) is 0 Å². The van der Waals surface area contributed by atoms with Crippen molar-refractivity contribution in [3.8, 4) is 0 Å². The molecule has 19 heavy (non-hydrogen) atoms. The molecule has 1 atom stereocenters. The molecule has 1 aromatic carbocycles. The number of hydrogen-bond acceptors (Lipinski definition) is 2. The second kappa shape index (κ2) is 6.20. The number of benzene rings is 1. The highest BCUT2D eigenvalue weighted by atomic mass is 16.4. The summed E-state index contributed by atoms with van der Waals surface area (Å²) in [5, 5.41) is 12.2. The molecule has 0 saturated heterocycles. The van der Waals surface area contributed by atoms with E-state index in [0.29, 0.717) is 6.54 Å². The fraction of sp³-hybridized carbons (Fsp3) is 0.562. The lowest BCUT2D eigenvalue weighted by molar-refractivity contribution is -0.140. The van der Waals surface area contributed by atoms with Crippen LogP contribution in [0.3, 0.4) is 0 Å². The van der Waals surface area contributed by atoms with E-state index in [2.05, 4.69) is 29.6 Å². The zero-order valence-electron chi connectivity index (χ0n) is 11.7. The molecule has 0 radical (unpaired) electrons. The van der Waals surface area contributed by atoms with Crippen LogP contribution in [-0.4, -0.2) is 17.1 Å². The van der Waals surface area contributed by atoms with Gasteiger partial charge in [-0.05, 0) is 35.8 Å². The van der Waals surface area contributed by atoms with Crippen molar-refractivity contribution in [2.45, 2.75) is 51.6 Å². The van der Waals surface area contributed by atoms with Gasteiger partial charge in [0.05, 0.1) is 0 Å². The number of hydrogen-bond donors (Lipinski definition) is 2. The van der Waals surface area contributed by atoms with E-state index in [1.807, 2.05) is 13.8 Å². The van der Waals surface area contributed by atoms with E-state index in [4.69, 9.17) is 5.11 Å². The predicted octanol–water partition coefficient (Wildman–Crippen LogP) is 3.15. The lowest BCUT2D eigenvalue weighted by Gasteiger charge is -2.26. The van der Waals surface area contributed by atoms with E-state index in [1.165, 1.54) is 24.8 Å². The minimum Gasteiger partial charge on any atom is -0.480 e. The summed E-state index contributed by atoms with van der Waals surface area (Å²) in [5.74, 6) is 0.0669. The van der Waals surface area contributed by atoms with Crippen LogP contribution in [0.2, 0.25) is 0 Å². The fourth-order valence-corrected chi connectivity index (χ4v) is 2.49. The topological polar surface area (TPSA) is 49.3 Å². The van der Waals surface area contributed by atoms with Crippen molar-refractivity contribution in [1.82, 2.24) is 5.32 Å². The molecule has 1 aliphatic carbocycles. The van der Waals surface area contributed by atoms with E-state index in [1.54, 1.807) is 0 Å². The molecular formula is C16H23NO2. The van der Waals surface area contributed by atoms with Crippen molar-refractivity contribution in [1.29, 1.82) is 0 Å². The lowest BCUT2D eigenvalue weighted by atomic mass is 9.80. The molecule has 0 unspecified atom stereocenters. The number of carboxylic acid groups (broad SMARTS) is 1. The average molecular weight is 261 g/mol. The SMILES string of the molecule is CC(C)[C@H](NCc1ccc(C2CCC2)cc1)C(=O)O. The molecule has 1 saturated carbocycles. The van der Waals surface area contributed by atoms with Gasteiger partial charge < -0.3 is 10.4 Å². The van der Waals surface area contributed by atoms with Crippen molar-refractivity contribution in [3.05, 3.63) is 35.4 Å². The Morgan fingerprint density at radius 3 is 2.37 bits per heavy atom. The Morgan fingerprint density at radius 2 is 1.95 bits per heavy atom. The van der Waals surface area contributed by atoms with Crippen molar-refractivity contribution < 1.29 is 9.90 Å². The number of carboxylic acids is 1. The Morgan fingerprint density at radius 1 is 1.32 bits per heavy atom. The Hall–Kier alpha value is -1.35. The van der Waals surface area contributed by atoms with Gasteiger partial charge in [0.2, 0.25) is 0 Å². The van der Waals surface area contributed by atoms with Gasteiger partial charge in [0.1, 0.15) is 6.04 Å². The quantitative estimate of drug-likeness (QED) is 0.827. The van der Waals surface area contributed by atoms with Crippen LogP contribution in [0.4, 0.5) is 0 Å². The maximum Gasteiger partial charge on any atom is 0.320 e. The molecule has 1 aliphatic rings. The monoisotopic (exact) mass is 261 g/mol. The van der Waals surface area contributed by atoms with Gasteiger partial charge in [0, 0.05) is 6.54 Å². The molecule has 1 fully saturated rings. The van der Waals surface area contributed by atoms with Crippen molar-refractivity contribution in [2.75, 3.05) is 0 Å². The van der Waals surface area contributed by atoms with E-state index >= 15 is 0 Å². The fourth-order valence-electron chi connectivity index (χ4n) is 2.49. The zero-order valence-corrected chi connectivity index (χ0v) is 11.7. The van der Waals surface area contributed by atoms with Gasteiger partial charge in [-0.3, -0.25) is 4.79 Å². The molecule has 0 bridgehead atoms. The molecule has 2 rings (SSSR count). The van der Waals surface area contributed by atoms with Crippen LogP contribution in [0.1, 0.15) is 50.2 Å². The van der Waals surface area contributed by atoms with E-state index in [-0.39, 0.29) is 5.92 Å². The van der Waals surface area contributed by atoms with Crippen LogP contribution in [0, 0.1) is 5.92 Å². The summed E-state index contributed by atoms with van der Waals surface area (Å²) in [4.78, 5) is 11.1. The first kappa shape index (κ1) is 14.1. The van der Waals surface area contributed by atoms with Crippen LogP contribution in [0.15, 0.2) is 24.3 Å². The summed E-state index contributed by atoms with van der Waals surface area (Å²) in [6.07, 6.45) is 3.97. The molecule has 0 amide bonds. The Kier molecular flexibility index (Phi) is 4.59. The zero-order chi connectivity index (χ0) is 13.8. The summed E-state index contributed by atoms with van der Waals surface area (Å²) in [6, 6.07) is 8.11. The van der Waals surface area contributed by atoms with Crippen LogP contribution in [-0.2, 0) is 11.3 Å². The second-order valence-corrected chi connectivity index (χ2v) is 5.81. The predicted molar refractivity (Wildman–Crippen MR) is 76.1 cm³/mol. The van der Waals surface area contributed by atoms with Crippen molar-refractivity contribution >= 4 is 5.97 Å². The van der Waals surface area contributed by atoms with E-state index < -0.39 is 12.0 Å². The van der Waals surface area contributed by atoms with Crippen molar-refractivity contribution in [2.24, 2.45) is 5.92 Å². The largest absolute Gasteiger partial charge is 0.480 e. The van der Waals surface area contributed by atoms with Gasteiger partial charge in [-0.1, -0.05) is 44.5 Å². The first-order chi connectivity index (χ1) is 9.08. The smallest absolute Gasteiger partial charge is 0.320 e. The summed E-state index contributed by atoms with van der Waals surface area (Å²) in [7, 11) is 0. The highest BCUT2D eigenvalue weighted by Gasteiger charge is 2.21. The van der Waals surface area contributed by atoms with E-state index in [9.17, 15) is 4.79 Å². The molecule has 3 heteroatoms. The van der Waals surface area contributed by atoms with Gasteiger partial charge in [-0.15, -0.1) is 0 Å². The number of carbonyl (C=O) groups is 1. The van der Waals surface area contributed by atoms with Crippen LogP contribution in [0.5, 0.6) is 0 Å². The Labute approximate surface area is 115 Å². The molecule has 0 heterocycles. The summed E-state index contributed by atoms with van der Waals surface area (Å²) in [5.41, 5.74) is 2.57. The number of nitrogens with one attached hydrogen (secondary N) is 1. The Balaban J connectivity index is 1.90. The normalized spacial score (nSPS) is 17.2. The maximum atomic E-state index is 11.1. The molecule has 104 valence electrons. The number of rotatable bonds is 6. The standard InChI is InChI=1S/C16H23NO2/c1-11(2)15(16(18)19)17-10-12-6-8-14(9-7-12)13-4-3-5-13/h6-9,11,13,15,17H,3-5,10H2,1-2H3,(H,18,19)/t15-/m0/s1. The molecular weight excluding hydrogens is 238 g/mol. The van der Waals surface area contributed by atoms with Crippen LogP contribution < -0.4 is 5.32 Å². The molecule has 1 aromatic rings. The first-order valence-corrected chi connectivity index (χ1v) is 7.13. The van der Waals surface area contributed by atoms with Crippen molar-refractivity contribution in [3.63, 3.8) is 0 Å².